The maximum atomic E-state index is 12.3. The quantitative estimate of drug-likeness (QED) is 0.609. The van der Waals surface area contributed by atoms with Crippen LogP contribution in [0.15, 0.2) is 23.2 Å². The van der Waals surface area contributed by atoms with Gasteiger partial charge in [0.25, 0.3) is 5.54 Å². The molecule has 6 heteroatoms. The fourth-order valence-electron chi connectivity index (χ4n) is 2.32. The second-order valence-corrected chi connectivity index (χ2v) is 4.80. The van der Waals surface area contributed by atoms with E-state index < -0.39 is 17.5 Å². The van der Waals surface area contributed by atoms with Crippen molar-refractivity contribution in [1.29, 1.82) is 0 Å². The summed E-state index contributed by atoms with van der Waals surface area (Å²) < 4.78 is 15.3. The van der Waals surface area contributed by atoms with Crippen molar-refractivity contribution >= 4 is 18.2 Å². The highest BCUT2D eigenvalue weighted by Crippen LogP contribution is 2.30. The first-order valence-electron chi connectivity index (χ1n) is 7.14. The van der Waals surface area contributed by atoms with E-state index in [1.165, 1.54) is 6.21 Å². The van der Waals surface area contributed by atoms with E-state index in [-0.39, 0.29) is 19.6 Å². The molecule has 0 atom stereocenters. The molecule has 0 radical (unpaired) electrons. The van der Waals surface area contributed by atoms with Gasteiger partial charge in [0.2, 0.25) is 0 Å². The number of rotatable bonds is 5. The zero-order valence-corrected chi connectivity index (χ0v) is 12.9. The summed E-state index contributed by atoms with van der Waals surface area (Å²) in [6, 6.07) is 5.41. The number of fused-ring (bicyclic) bond motifs is 1. The Morgan fingerprint density at radius 2 is 1.82 bits per heavy atom. The normalized spacial score (nSPS) is 14.9. The van der Waals surface area contributed by atoms with Crippen molar-refractivity contribution in [3.63, 3.8) is 0 Å². The first-order valence-corrected chi connectivity index (χ1v) is 7.14. The third-order valence-electron chi connectivity index (χ3n) is 3.45. The van der Waals surface area contributed by atoms with Crippen LogP contribution in [0.3, 0.4) is 0 Å². The fraction of sp³-hybridized carbons (Fsp3) is 0.438. The van der Waals surface area contributed by atoms with Crippen molar-refractivity contribution in [3.05, 3.63) is 29.3 Å². The minimum Gasteiger partial charge on any atom is -0.497 e. The zero-order chi connectivity index (χ0) is 16.2. The number of hydrogen-bond acceptors (Lipinski definition) is 6. The number of methoxy groups -OCH3 is 1. The van der Waals surface area contributed by atoms with Gasteiger partial charge in [0.15, 0.2) is 0 Å². The lowest BCUT2D eigenvalue weighted by atomic mass is 9.86. The Balaban J connectivity index is 2.44. The van der Waals surface area contributed by atoms with Gasteiger partial charge in [0.05, 0.1) is 20.3 Å². The van der Waals surface area contributed by atoms with E-state index in [2.05, 4.69) is 4.99 Å². The fourth-order valence-corrected chi connectivity index (χ4v) is 2.32. The summed E-state index contributed by atoms with van der Waals surface area (Å²) in [5, 5.41) is 0. The number of benzene rings is 1. The molecule has 0 amide bonds. The summed E-state index contributed by atoms with van der Waals surface area (Å²) in [6.45, 7) is 3.70. The number of carbonyl (C=O) groups excluding carboxylic acids is 2. The van der Waals surface area contributed by atoms with Gasteiger partial charge in [-0.15, -0.1) is 0 Å². The third-order valence-corrected chi connectivity index (χ3v) is 3.45. The van der Waals surface area contributed by atoms with Crippen LogP contribution in [-0.4, -0.2) is 44.0 Å². The van der Waals surface area contributed by atoms with Crippen LogP contribution in [0.5, 0.6) is 5.75 Å². The molecule has 1 heterocycles. The topological polar surface area (TPSA) is 74.2 Å². The average Bonchev–Trinajstić information content (AvgIpc) is 2.54. The lowest BCUT2D eigenvalue weighted by Crippen LogP contribution is -2.50. The van der Waals surface area contributed by atoms with Crippen molar-refractivity contribution in [2.45, 2.75) is 25.8 Å². The van der Waals surface area contributed by atoms with Gasteiger partial charge < -0.3 is 14.2 Å². The highest BCUT2D eigenvalue weighted by atomic mass is 16.6. The van der Waals surface area contributed by atoms with Gasteiger partial charge in [0, 0.05) is 12.6 Å². The molecule has 0 bridgehead atoms. The minimum absolute atomic E-state index is 0.0910. The number of aliphatic imine (C=N–C) groups is 1. The van der Waals surface area contributed by atoms with Crippen LogP contribution in [0.2, 0.25) is 0 Å². The molecule has 0 aromatic heterocycles. The van der Waals surface area contributed by atoms with E-state index in [0.29, 0.717) is 5.75 Å². The standard InChI is InChI=1S/C16H19NO5/c1-4-21-14(18)16(15(19)22-5-2)9-12-8-13(20-3)7-6-11(12)10-17-16/h6-8,10H,4-5,9H2,1-3H3. The summed E-state index contributed by atoms with van der Waals surface area (Å²) in [4.78, 5) is 28.8. The van der Waals surface area contributed by atoms with Crippen LogP contribution in [0.1, 0.15) is 25.0 Å². The van der Waals surface area contributed by atoms with Crippen LogP contribution in [0.25, 0.3) is 0 Å². The van der Waals surface area contributed by atoms with E-state index in [4.69, 9.17) is 14.2 Å². The van der Waals surface area contributed by atoms with Crippen LogP contribution in [0, 0.1) is 0 Å². The van der Waals surface area contributed by atoms with Crippen LogP contribution >= 0.6 is 0 Å². The summed E-state index contributed by atoms with van der Waals surface area (Å²) in [7, 11) is 1.56. The Bertz CT molecular complexity index is 591. The van der Waals surface area contributed by atoms with Crippen molar-refractivity contribution in [1.82, 2.24) is 0 Å². The Labute approximate surface area is 129 Å². The second kappa shape index (κ2) is 6.60. The van der Waals surface area contributed by atoms with Gasteiger partial charge >= 0.3 is 11.9 Å². The molecule has 22 heavy (non-hydrogen) atoms. The summed E-state index contributed by atoms with van der Waals surface area (Å²) >= 11 is 0. The van der Waals surface area contributed by atoms with E-state index >= 15 is 0 Å². The predicted octanol–water partition coefficient (Wildman–Crippen LogP) is 1.54. The predicted molar refractivity (Wildman–Crippen MR) is 80.3 cm³/mol. The molecule has 0 aliphatic carbocycles. The van der Waals surface area contributed by atoms with Gasteiger partial charge in [0.1, 0.15) is 5.75 Å². The number of hydrogen-bond donors (Lipinski definition) is 0. The van der Waals surface area contributed by atoms with E-state index in [1.54, 1.807) is 33.1 Å². The molecule has 0 unspecified atom stereocenters. The summed E-state index contributed by atoms with van der Waals surface area (Å²) in [5.74, 6) is -0.744. The molecular formula is C16H19NO5. The highest BCUT2D eigenvalue weighted by Gasteiger charge is 2.50. The Hall–Kier alpha value is -2.37. The lowest BCUT2D eigenvalue weighted by Gasteiger charge is -2.28. The maximum absolute atomic E-state index is 12.3. The smallest absolute Gasteiger partial charge is 0.346 e. The average molecular weight is 305 g/mol. The molecule has 0 saturated carbocycles. The van der Waals surface area contributed by atoms with E-state index in [9.17, 15) is 9.59 Å². The monoisotopic (exact) mass is 305 g/mol. The SMILES string of the molecule is CCOC(=O)C1(C(=O)OCC)Cc2cc(OC)ccc2C=N1. The summed E-state index contributed by atoms with van der Waals surface area (Å²) in [6.07, 6.45) is 1.60. The molecule has 1 aromatic carbocycles. The van der Waals surface area contributed by atoms with Gasteiger partial charge in [-0.05, 0) is 43.2 Å². The van der Waals surface area contributed by atoms with Crippen LogP contribution in [-0.2, 0) is 25.5 Å². The van der Waals surface area contributed by atoms with E-state index in [1.807, 2.05) is 6.07 Å². The molecule has 0 N–H and O–H groups in total. The third kappa shape index (κ3) is 2.81. The van der Waals surface area contributed by atoms with Gasteiger partial charge in [-0.25, -0.2) is 9.59 Å². The molecule has 1 aromatic rings. The molecule has 118 valence electrons. The second-order valence-electron chi connectivity index (χ2n) is 4.80. The van der Waals surface area contributed by atoms with Crippen molar-refractivity contribution in [2.75, 3.05) is 20.3 Å². The Morgan fingerprint density at radius 3 is 2.36 bits per heavy atom. The number of esters is 2. The molecule has 0 fully saturated rings. The zero-order valence-electron chi connectivity index (χ0n) is 12.9. The number of carbonyl (C=O) groups is 2. The van der Waals surface area contributed by atoms with Gasteiger partial charge in [-0.3, -0.25) is 4.99 Å². The van der Waals surface area contributed by atoms with Gasteiger partial charge in [-0.1, -0.05) is 0 Å². The van der Waals surface area contributed by atoms with Crippen molar-refractivity contribution < 1.29 is 23.8 Å². The number of ether oxygens (including phenoxy) is 3. The van der Waals surface area contributed by atoms with Crippen molar-refractivity contribution in [2.24, 2.45) is 4.99 Å². The maximum Gasteiger partial charge on any atom is 0.346 e. The van der Waals surface area contributed by atoms with Crippen LogP contribution in [0.4, 0.5) is 0 Å². The molecule has 6 nitrogen and oxygen atoms in total. The van der Waals surface area contributed by atoms with Crippen LogP contribution < -0.4 is 4.74 Å². The molecule has 2 rings (SSSR count). The Morgan fingerprint density at radius 1 is 1.18 bits per heavy atom. The lowest BCUT2D eigenvalue weighted by molar-refractivity contribution is -0.163. The summed E-state index contributed by atoms with van der Waals surface area (Å²) in [5.41, 5.74) is -0.0498. The van der Waals surface area contributed by atoms with Crippen molar-refractivity contribution in [3.8, 4) is 5.75 Å². The largest absolute Gasteiger partial charge is 0.497 e. The highest BCUT2D eigenvalue weighted by molar-refractivity contribution is 6.08. The molecule has 0 spiro atoms. The molecule has 1 aliphatic rings. The molecular weight excluding hydrogens is 286 g/mol. The Kier molecular flexibility index (Phi) is 4.80. The number of nitrogens with zero attached hydrogens (tertiary/aromatic N) is 1. The first kappa shape index (κ1) is 16.0. The molecule has 0 saturated heterocycles. The minimum atomic E-state index is -1.68. The molecule has 1 aliphatic heterocycles. The van der Waals surface area contributed by atoms with E-state index in [0.717, 1.165) is 11.1 Å². The first-order chi connectivity index (χ1) is 10.6. The van der Waals surface area contributed by atoms with Gasteiger partial charge in [-0.2, -0.15) is 0 Å².